The van der Waals surface area contributed by atoms with Gasteiger partial charge in [0.05, 0.1) is 13.0 Å². The third kappa shape index (κ3) is 5.47. The Morgan fingerprint density at radius 3 is 2.77 bits per heavy atom. The van der Waals surface area contributed by atoms with Crippen molar-refractivity contribution in [2.45, 2.75) is 18.9 Å². The number of amides is 2. The molecule has 1 aliphatic rings. The number of thioether (sulfide) groups is 1. The van der Waals surface area contributed by atoms with E-state index in [9.17, 15) is 9.59 Å². The first kappa shape index (κ1) is 18.7. The zero-order valence-corrected chi connectivity index (χ0v) is 15.6. The number of carbonyl (C=O) groups excluding carboxylic acids is 2. The molecule has 0 aliphatic carbocycles. The van der Waals surface area contributed by atoms with Crippen molar-refractivity contribution in [3.05, 3.63) is 48.0 Å². The average molecular weight is 372 g/mol. The van der Waals surface area contributed by atoms with Gasteiger partial charge in [-0.2, -0.15) is 11.8 Å². The monoisotopic (exact) mass is 371 g/mol. The molecule has 0 saturated carbocycles. The first-order valence-electron chi connectivity index (χ1n) is 9.03. The van der Waals surface area contributed by atoms with Gasteiger partial charge in [-0.05, 0) is 22.8 Å². The molecule has 0 radical (unpaired) electrons. The zero-order chi connectivity index (χ0) is 18.2. The van der Waals surface area contributed by atoms with E-state index < -0.39 is 0 Å². The second-order valence-electron chi connectivity index (χ2n) is 6.46. The van der Waals surface area contributed by atoms with Gasteiger partial charge in [0, 0.05) is 30.6 Å². The fourth-order valence-corrected chi connectivity index (χ4v) is 4.11. The molecule has 0 bridgehead atoms. The summed E-state index contributed by atoms with van der Waals surface area (Å²) in [7, 11) is 0. The molecule has 138 valence electrons. The van der Waals surface area contributed by atoms with Gasteiger partial charge >= 0.3 is 0 Å². The topological polar surface area (TPSA) is 70.2 Å². The van der Waals surface area contributed by atoms with Crippen molar-refractivity contribution < 1.29 is 9.59 Å². The van der Waals surface area contributed by atoms with Crippen LogP contribution >= 0.6 is 11.8 Å². The van der Waals surface area contributed by atoms with Crippen LogP contribution in [0.25, 0.3) is 10.8 Å². The number of hydrogen-bond donors (Lipinski definition) is 3. The van der Waals surface area contributed by atoms with E-state index in [0.29, 0.717) is 12.6 Å². The summed E-state index contributed by atoms with van der Waals surface area (Å²) < 4.78 is 0. The van der Waals surface area contributed by atoms with E-state index in [4.69, 9.17) is 0 Å². The minimum atomic E-state index is -0.139. The summed E-state index contributed by atoms with van der Waals surface area (Å²) in [6, 6.07) is 14.4. The normalized spacial score (nSPS) is 17.0. The zero-order valence-electron chi connectivity index (χ0n) is 14.8. The maximum atomic E-state index is 12.2. The van der Waals surface area contributed by atoms with Crippen LogP contribution in [0, 0.1) is 0 Å². The van der Waals surface area contributed by atoms with E-state index in [1.54, 1.807) is 0 Å². The molecule has 1 heterocycles. The highest BCUT2D eigenvalue weighted by Gasteiger charge is 2.13. The summed E-state index contributed by atoms with van der Waals surface area (Å²) in [4.78, 5) is 24.1. The summed E-state index contributed by atoms with van der Waals surface area (Å²) in [5.41, 5.74) is 0.974. The number of benzene rings is 2. The molecule has 3 rings (SSSR count). The van der Waals surface area contributed by atoms with Crippen LogP contribution in [-0.4, -0.2) is 49.0 Å². The molecule has 2 aromatic carbocycles. The number of carbonyl (C=O) groups is 2. The van der Waals surface area contributed by atoms with Crippen molar-refractivity contribution in [3.8, 4) is 0 Å². The van der Waals surface area contributed by atoms with Crippen LogP contribution in [-0.2, 0) is 16.0 Å². The molecule has 1 saturated heterocycles. The molecule has 2 amide bonds. The fourth-order valence-electron chi connectivity index (χ4n) is 3.11. The summed E-state index contributed by atoms with van der Waals surface area (Å²) in [6.07, 6.45) is 1.19. The first-order chi connectivity index (χ1) is 12.7. The molecule has 0 aromatic heterocycles. The molecule has 3 N–H and O–H groups in total. The minimum absolute atomic E-state index is 0.0243. The smallest absolute Gasteiger partial charge is 0.239 e. The van der Waals surface area contributed by atoms with Crippen LogP contribution < -0.4 is 16.0 Å². The molecule has 1 atom stereocenters. The van der Waals surface area contributed by atoms with Crippen molar-refractivity contribution >= 4 is 34.3 Å². The Kier molecular flexibility index (Phi) is 6.91. The second-order valence-corrected chi connectivity index (χ2v) is 7.61. The highest BCUT2D eigenvalue weighted by Crippen LogP contribution is 2.18. The molecular formula is C20H25N3O2S. The molecule has 6 heteroatoms. The van der Waals surface area contributed by atoms with Gasteiger partial charge in [-0.3, -0.25) is 9.59 Å². The van der Waals surface area contributed by atoms with E-state index in [0.717, 1.165) is 40.8 Å². The van der Waals surface area contributed by atoms with Crippen molar-refractivity contribution in [2.24, 2.45) is 0 Å². The van der Waals surface area contributed by atoms with E-state index >= 15 is 0 Å². The predicted molar refractivity (Wildman–Crippen MR) is 107 cm³/mol. The SMILES string of the molecule is O=C(CNC(=O)Cc1cccc2ccccc12)NCCC1CSCCN1. The van der Waals surface area contributed by atoms with Gasteiger partial charge in [0.2, 0.25) is 11.8 Å². The Hall–Kier alpha value is -2.05. The van der Waals surface area contributed by atoms with Gasteiger partial charge in [0.15, 0.2) is 0 Å². The average Bonchev–Trinajstić information content (AvgIpc) is 2.67. The van der Waals surface area contributed by atoms with Gasteiger partial charge in [0.1, 0.15) is 0 Å². The van der Waals surface area contributed by atoms with Gasteiger partial charge in [-0.25, -0.2) is 0 Å². The molecule has 0 spiro atoms. The van der Waals surface area contributed by atoms with Crippen LogP contribution in [0.2, 0.25) is 0 Å². The Balaban J connectivity index is 1.40. The van der Waals surface area contributed by atoms with E-state index in [1.807, 2.05) is 54.2 Å². The Morgan fingerprint density at radius 1 is 1.08 bits per heavy atom. The van der Waals surface area contributed by atoms with Gasteiger partial charge in [-0.15, -0.1) is 0 Å². The van der Waals surface area contributed by atoms with Gasteiger partial charge in [-0.1, -0.05) is 42.5 Å². The lowest BCUT2D eigenvalue weighted by molar-refractivity contribution is -0.125. The highest BCUT2D eigenvalue weighted by molar-refractivity contribution is 7.99. The Bertz CT molecular complexity index is 754. The van der Waals surface area contributed by atoms with E-state index in [-0.39, 0.29) is 24.8 Å². The van der Waals surface area contributed by atoms with Crippen molar-refractivity contribution in [2.75, 3.05) is 31.1 Å². The lowest BCUT2D eigenvalue weighted by Gasteiger charge is -2.23. The molecule has 1 unspecified atom stereocenters. The predicted octanol–water partition coefficient (Wildman–Crippen LogP) is 1.71. The fraction of sp³-hybridized carbons (Fsp3) is 0.400. The van der Waals surface area contributed by atoms with Crippen LogP contribution in [0.4, 0.5) is 0 Å². The molecule has 1 fully saturated rings. The molecule has 1 aliphatic heterocycles. The summed E-state index contributed by atoms with van der Waals surface area (Å²) in [6.45, 7) is 1.69. The molecule has 26 heavy (non-hydrogen) atoms. The summed E-state index contributed by atoms with van der Waals surface area (Å²) in [5.74, 6) is 1.98. The van der Waals surface area contributed by atoms with E-state index in [2.05, 4.69) is 16.0 Å². The van der Waals surface area contributed by atoms with Crippen LogP contribution in [0.5, 0.6) is 0 Å². The molecular weight excluding hydrogens is 346 g/mol. The number of hydrogen-bond acceptors (Lipinski definition) is 4. The second kappa shape index (κ2) is 9.59. The lowest BCUT2D eigenvalue weighted by Crippen LogP contribution is -2.42. The maximum absolute atomic E-state index is 12.2. The highest BCUT2D eigenvalue weighted by atomic mass is 32.2. The van der Waals surface area contributed by atoms with Gasteiger partial charge in [0.25, 0.3) is 0 Å². The lowest BCUT2D eigenvalue weighted by atomic mass is 10.0. The maximum Gasteiger partial charge on any atom is 0.239 e. The van der Waals surface area contributed by atoms with Crippen LogP contribution in [0.3, 0.4) is 0 Å². The van der Waals surface area contributed by atoms with Gasteiger partial charge < -0.3 is 16.0 Å². The van der Waals surface area contributed by atoms with Crippen LogP contribution in [0.15, 0.2) is 42.5 Å². The van der Waals surface area contributed by atoms with Crippen LogP contribution in [0.1, 0.15) is 12.0 Å². The van der Waals surface area contributed by atoms with Crippen molar-refractivity contribution in [1.29, 1.82) is 0 Å². The number of nitrogens with one attached hydrogen (secondary N) is 3. The number of fused-ring (bicyclic) bond motifs is 1. The van der Waals surface area contributed by atoms with Crippen molar-refractivity contribution in [1.82, 2.24) is 16.0 Å². The molecule has 2 aromatic rings. The Morgan fingerprint density at radius 2 is 1.92 bits per heavy atom. The largest absolute Gasteiger partial charge is 0.355 e. The number of rotatable bonds is 7. The summed E-state index contributed by atoms with van der Waals surface area (Å²) >= 11 is 1.95. The van der Waals surface area contributed by atoms with Crippen molar-refractivity contribution in [3.63, 3.8) is 0 Å². The summed E-state index contributed by atoms with van der Waals surface area (Å²) in [5, 5.41) is 11.2. The standard InChI is InChI=1S/C20H25N3O2S/c24-19(12-16-6-3-5-15-4-1-2-7-18(15)16)23-13-20(25)22-9-8-17-14-26-11-10-21-17/h1-7,17,21H,8-14H2,(H,22,25)(H,23,24). The minimum Gasteiger partial charge on any atom is -0.355 e. The van der Waals surface area contributed by atoms with E-state index in [1.165, 1.54) is 0 Å². The third-order valence-corrected chi connectivity index (χ3v) is 5.62. The molecule has 5 nitrogen and oxygen atoms in total. The quantitative estimate of drug-likeness (QED) is 0.693. The Labute approximate surface area is 158 Å². The first-order valence-corrected chi connectivity index (χ1v) is 10.2. The third-order valence-electron chi connectivity index (χ3n) is 4.49.